The van der Waals surface area contributed by atoms with Crippen LogP contribution in [0.4, 0.5) is 0 Å². The molecule has 0 aromatic rings. The molecule has 5 aliphatic carbocycles. The fourth-order valence-electron chi connectivity index (χ4n) is 10.0. The van der Waals surface area contributed by atoms with Crippen LogP contribution in [0, 0.1) is 46.8 Å². The van der Waals surface area contributed by atoms with E-state index in [1.165, 1.54) is 6.08 Å². The number of unbranched alkanes of at least 4 members (excludes halogenated alkanes) is 1. The average molecular weight is 711 g/mol. The molecule has 1 heterocycles. The lowest BCUT2D eigenvalue weighted by Gasteiger charge is -2.50. The summed E-state index contributed by atoms with van der Waals surface area (Å²) < 4.78 is 12.3. The van der Waals surface area contributed by atoms with Crippen LogP contribution in [0.15, 0.2) is 108 Å². The van der Waals surface area contributed by atoms with E-state index in [1.54, 1.807) is 25.2 Å². The zero-order valence-electron chi connectivity index (χ0n) is 30.8. The Labute approximate surface area is 307 Å². The zero-order chi connectivity index (χ0) is 37.3. The highest BCUT2D eigenvalue weighted by atomic mass is 16.6. The van der Waals surface area contributed by atoms with Crippen molar-refractivity contribution in [1.29, 1.82) is 0 Å². The van der Waals surface area contributed by atoms with Gasteiger partial charge < -0.3 is 24.8 Å². The number of rotatable bonds is 6. The van der Waals surface area contributed by atoms with Crippen LogP contribution in [-0.2, 0) is 23.9 Å². The van der Waals surface area contributed by atoms with Gasteiger partial charge in [0.25, 0.3) is 0 Å². The molecular weight excluding hydrogens is 656 g/mol. The van der Waals surface area contributed by atoms with Crippen LogP contribution in [0.1, 0.15) is 66.2 Å². The number of allylic oxidation sites excluding steroid dienone is 12. The van der Waals surface area contributed by atoms with Gasteiger partial charge in [0, 0.05) is 35.7 Å². The number of Topliss-reactive ketones (excluding diaryl/α,β-unsaturated/α-hetero) is 1. The normalized spacial score (nSPS) is 41.8. The molecule has 6 aliphatic rings. The first-order valence-corrected chi connectivity index (χ1v) is 18.9. The molecule has 3 saturated carbocycles. The summed E-state index contributed by atoms with van der Waals surface area (Å²) in [6.45, 7) is 7.09. The maximum absolute atomic E-state index is 13.4. The SMILES string of the molecule is CCCC=CC=CC=CC1CC2C=CC=CC=CCC(=O)OC34CC(C)C5(O)C(C=C(CO)CC6(O)C(=O)C(C)=CC65)C3C4(C)COC(=O)C=CC12. The topological polar surface area (TPSA) is 130 Å². The minimum Gasteiger partial charge on any atom is -0.462 e. The van der Waals surface area contributed by atoms with E-state index in [4.69, 9.17) is 9.47 Å². The highest BCUT2D eigenvalue weighted by Crippen LogP contribution is 2.77. The van der Waals surface area contributed by atoms with Crippen molar-refractivity contribution in [3.8, 4) is 0 Å². The Bertz CT molecular complexity index is 1700. The predicted molar refractivity (Wildman–Crippen MR) is 199 cm³/mol. The van der Waals surface area contributed by atoms with Gasteiger partial charge in [0.05, 0.1) is 18.6 Å². The van der Waals surface area contributed by atoms with Gasteiger partial charge in [-0.15, -0.1) is 0 Å². The third-order valence-corrected chi connectivity index (χ3v) is 12.9. The number of carbonyl (C=O) groups is 3. The standard InChI is InChI=1S/C44H54O8/c1-5-6-7-8-9-11-14-17-32-24-33-18-15-12-10-13-16-19-38(47)52-43-25-30(3)44(50)35(39(43)41(43,4)28-51-37(46)21-20-34(32)33)23-31(27-45)26-42(49)36(44)22-29(2)40(42)48/h7-18,20-23,30,32-36,39,45,49-50H,5-6,19,24-28H2,1-4H3. The summed E-state index contributed by atoms with van der Waals surface area (Å²) in [4.78, 5) is 40.2. The van der Waals surface area contributed by atoms with Crippen molar-refractivity contribution in [2.24, 2.45) is 46.8 Å². The molecule has 6 rings (SSSR count). The maximum Gasteiger partial charge on any atom is 0.330 e. The number of ether oxygens (including phenoxy) is 2. The van der Waals surface area contributed by atoms with E-state index in [-0.39, 0.29) is 43.6 Å². The Morgan fingerprint density at radius 2 is 1.77 bits per heavy atom. The Morgan fingerprint density at radius 1 is 1.00 bits per heavy atom. The van der Waals surface area contributed by atoms with Crippen molar-refractivity contribution in [3.63, 3.8) is 0 Å². The van der Waals surface area contributed by atoms with Gasteiger partial charge in [-0.25, -0.2) is 4.79 Å². The summed E-state index contributed by atoms with van der Waals surface area (Å²) in [5.41, 5.74) is -4.67. The van der Waals surface area contributed by atoms with E-state index in [0.717, 1.165) is 19.3 Å². The van der Waals surface area contributed by atoms with Crippen LogP contribution >= 0.6 is 0 Å². The second-order valence-corrected chi connectivity index (χ2v) is 16.0. The van der Waals surface area contributed by atoms with Gasteiger partial charge in [-0.1, -0.05) is 118 Å². The van der Waals surface area contributed by atoms with Crippen LogP contribution in [0.25, 0.3) is 0 Å². The van der Waals surface area contributed by atoms with Crippen LogP contribution in [-0.4, -0.2) is 63.1 Å². The minimum atomic E-state index is -1.90. The number of fused-ring (bicyclic) bond motifs is 6. The van der Waals surface area contributed by atoms with Crippen LogP contribution in [0.3, 0.4) is 0 Å². The fraction of sp³-hybridized carbons (Fsp3) is 0.523. The molecule has 0 saturated heterocycles. The molecular formula is C44H54O8. The number of ketones is 1. The molecule has 3 fully saturated rings. The number of hydrogen-bond donors (Lipinski definition) is 3. The first-order chi connectivity index (χ1) is 24.9. The van der Waals surface area contributed by atoms with Gasteiger partial charge in [0.1, 0.15) is 17.8 Å². The summed E-state index contributed by atoms with van der Waals surface area (Å²) >= 11 is 0. The number of aliphatic hydroxyl groups excluding tert-OH is 1. The van der Waals surface area contributed by atoms with Crippen molar-refractivity contribution in [3.05, 3.63) is 108 Å². The van der Waals surface area contributed by atoms with Gasteiger partial charge in [-0.3, -0.25) is 9.59 Å². The lowest BCUT2D eigenvalue weighted by atomic mass is 9.60. The number of esters is 2. The van der Waals surface area contributed by atoms with Crippen molar-refractivity contribution in [2.45, 2.75) is 83.0 Å². The molecule has 0 aromatic heterocycles. The third kappa shape index (κ3) is 6.52. The zero-order valence-corrected chi connectivity index (χ0v) is 30.8. The summed E-state index contributed by atoms with van der Waals surface area (Å²) in [5, 5.41) is 35.0. The molecule has 11 atom stereocenters. The summed E-state index contributed by atoms with van der Waals surface area (Å²) in [5.74, 6) is -3.45. The summed E-state index contributed by atoms with van der Waals surface area (Å²) in [6, 6.07) is 0. The second kappa shape index (κ2) is 14.9. The summed E-state index contributed by atoms with van der Waals surface area (Å²) in [6.07, 6.45) is 34.2. The molecule has 11 unspecified atom stereocenters. The first-order valence-electron chi connectivity index (χ1n) is 18.9. The van der Waals surface area contributed by atoms with E-state index in [0.29, 0.717) is 11.1 Å². The lowest BCUT2D eigenvalue weighted by molar-refractivity contribution is -0.187. The maximum atomic E-state index is 13.4. The largest absolute Gasteiger partial charge is 0.462 e. The van der Waals surface area contributed by atoms with E-state index >= 15 is 0 Å². The Balaban J connectivity index is 1.29. The van der Waals surface area contributed by atoms with Gasteiger partial charge in [-0.2, -0.15) is 0 Å². The molecule has 0 bridgehead atoms. The molecule has 52 heavy (non-hydrogen) atoms. The number of hydrogen-bond acceptors (Lipinski definition) is 8. The molecule has 0 amide bonds. The van der Waals surface area contributed by atoms with Crippen molar-refractivity contribution >= 4 is 17.7 Å². The molecule has 3 N–H and O–H groups in total. The molecule has 1 spiro atoms. The van der Waals surface area contributed by atoms with E-state index in [1.807, 2.05) is 56.4 Å². The number of carbonyl (C=O) groups excluding carboxylic acids is 3. The highest BCUT2D eigenvalue weighted by Gasteiger charge is 2.85. The average Bonchev–Trinajstić information content (AvgIpc) is 3.55. The molecule has 278 valence electrons. The molecule has 1 aliphatic heterocycles. The Morgan fingerprint density at radius 3 is 2.54 bits per heavy atom. The number of cyclic esters (lactones) is 1. The molecule has 0 radical (unpaired) electrons. The summed E-state index contributed by atoms with van der Waals surface area (Å²) in [7, 11) is 0. The Kier molecular flexibility index (Phi) is 10.8. The van der Waals surface area contributed by atoms with Crippen molar-refractivity contribution < 1.29 is 39.2 Å². The Hall–Kier alpha value is -3.85. The molecule has 0 aromatic carbocycles. The minimum absolute atomic E-state index is 0.0303. The van der Waals surface area contributed by atoms with E-state index in [9.17, 15) is 29.7 Å². The van der Waals surface area contributed by atoms with Gasteiger partial charge in [0.15, 0.2) is 5.78 Å². The van der Waals surface area contributed by atoms with Crippen molar-refractivity contribution in [1.82, 2.24) is 0 Å². The van der Waals surface area contributed by atoms with E-state index in [2.05, 4.69) is 37.3 Å². The predicted octanol–water partition coefficient (Wildman–Crippen LogP) is 6.38. The van der Waals surface area contributed by atoms with Crippen LogP contribution < -0.4 is 0 Å². The van der Waals surface area contributed by atoms with Gasteiger partial charge in [0.2, 0.25) is 0 Å². The first kappa shape index (κ1) is 37.9. The molecule has 8 heteroatoms. The fourth-order valence-corrected chi connectivity index (χ4v) is 10.0. The second-order valence-electron chi connectivity index (χ2n) is 16.0. The van der Waals surface area contributed by atoms with Gasteiger partial charge >= 0.3 is 11.9 Å². The monoisotopic (exact) mass is 710 g/mol. The quantitative estimate of drug-likeness (QED) is 0.165. The van der Waals surface area contributed by atoms with Crippen LogP contribution in [0.5, 0.6) is 0 Å². The molecule has 8 nitrogen and oxygen atoms in total. The van der Waals surface area contributed by atoms with Crippen molar-refractivity contribution in [2.75, 3.05) is 13.2 Å². The third-order valence-electron chi connectivity index (χ3n) is 12.9. The number of aliphatic hydroxyl groups is 3. The van der Waals surface area contributed by atoms with Gasteiger partial charge in [-0.05, 0) is 61.0 Å². The smallest absolute Gasteiger partial charge is 0.330 e. The van der Waals surface area contributed by atoms with Crippen LogP contribution in [0.2, 0.25) is 0 Å². The van der Waals surface area contributed by atoms with E-state index < -0.39 is 70.2 Å². The lowest BCUT2D eigenvalue weighted by Crippen LogP contribution is -2.61. The highest BCUT2D eigenvalue weighted by molar-refractivity contribution is 6.04.